The van der Waals surface area contributed by atoms with Crippen molar-refractivity contribution in [2.24, 2.45) is 10.4 Å². The fraction of sp³-hybridized carbons (Fsp3) is 0.895. The number of carbonyl (C=O) groups excluding carboxylic acids is 1. The van der Waals surface area contributed by atoms with Gasteiger partial charge in [0.25, 0.3) is 0 Å². The Labute approximate surface area is 165 Å². The maximum atomic E-state index is 12.0. The highest BCUT2D eigenvalue weighted by molar-refractivity contribution is 7.91. The number of aliphatic imine (C=N–C) groups is 1. The molecule has 1 saturated heterocycles. The van der Waals surface area contributed by atoms with E-state index in [9.17, 15) is 13.2 Å². The van der Waals surface area contributed by atoms with Gasteiger partial charge in [-0.05, 0) is 25.2 Å². The molecule has 1 heterocycles. The summed E-state index contributed by atoms with van der Waals surface area (Å²) in [4.78, 5) is 16.7. The lowest BCUT2D eigenvalue weighted by Crippen LogP contribution is -2.41. The number of unbranched alkanes of at least 4 members (excludes halogenated alkanes) is 2. The average Bonchev–Trinajstić information content (AvgIpc) is 2.91. The van der Waals surface area contributed by atoms with Crippen LogP contribution in [0.2, 0.25) is 0 Å². The van der Waals surface area contributed by atoms with Crippen LogP contribution >= 0.6 is 0 Å². The van der Waals surface area contributed by atoms with Gasteiger partial charge >= 0.3 is 0 Å². The number of hydrogen-bond acceptors (Lipinski definition) is 4. The minimum absolute atomic E-state index is 0.0589. The third kappa shape index (κ3) is 10.6. The van der Waals surface area contributed by atoms with Crippen molar-refractivity contribution in [3.8, 4) is 0 Å². The van der Waals surface area contributed by atoms with Crippen LogP contribution < -0.4 is 16.0 Å². The Morgan fingerprint density at radius 1 is 1.19 bits per heavy atom. The minimum Gasteiger partial charge on any atom is -0.357 e. The van der Waals surface area contributed by atoms with Crippen LogP contribution in [0.1, 0.15) is 66.2 Å². The Morgan fingerprint density at radius 3 is 2.52 bits per heavy atom. The summed E-state index contributed by atoms with van der Waals surface area (Å²) in [5.74, 6) is 0.822. The second-order valence-corrected chi connectivity index (χ2v) is 10.4. The first-order valence-electron chi connectivity index (χ1n) is 10.2. The summed E-state index contributed by atoms with van der Waals surface area (Å²) in [6.07, 6.45) is 5.65. The molecule has 3 N–H and O–H groups in total. The molecule has 1 aliphatic rings. The maximum absolute atomic E-state index is 12.0. The van der Waals surface area contributed by atoms with Gasteiger partial charge in [0.15, 0.2) is 15.8 Å². The van der Waals surface area contributed by atoms with Gasteiger partial charge in [-0.25, -0.2) is 8.42 Å². The standard InChI is InChI=1S/C19H38N4O3S/c1-5-7-8-11-19(3,4)15-22-18(20-6-2)21-12-9-17(24)23-16-10-13-27(25,26)14-16/h16H,5-15H2,1-4H3,(H,23,24)(H2,20,21,22). The monoisotopic (exact) mass is 402 g/mol. The van der Waals surface area contributed by atoms with E-state index in [1.165, 1.54) is 19.3 Å². The summed E-state index contributed by atoms with van der Waals surface area (Å²) >= 11 is 0. The summed E-state index contributed by atoms with van der Waals surface area (Å²) < 4.78 is 22.9. The van der Waals surface area contributed by atoms with Gasteiger partial charge in [-0.15, -0.1) is 0 Å². The first-order chi connectivity index (χ1) is 12.7. The van der Waals surface area contributed by atoms with E-state index in [2.05, 4.69) is 41.7 Å². The molecule has 0 aromatic carbocycles. The zero-order valence-electron chi connectivity index (χ0n) is 17.4. The molecule has 0 bridgehead atoms. The number of hydrogen-bond donors (Lipinski definition) is 3. The van der Waals surface area contributed by atoms with E-state index in [1.54, 1.807) is 0 Å². The van der Waals surface area contributed by atoms with Gasteiger partial charge in [0.05, 0.1) is 11.5 Å². The Balaban J connectivity index is 2.37. The highest BCUT2D eigenvalue weighted by Gasteiger charge is 2.28. The molecule has 0 aliphatic carbocycles. The summed E-state index contributed by atoms with van der Waals surface area (Å²) in [6, 6.07) is -0.242. The van der Waals surface area contributed by atoms with Gasteiger partial charge in [-0.1, -0.05) is 40.0 Å². The molecule has 1 amide bonds. The number of nitrogens with zero attached hydrogens (tertiary/aromatic N) is 1. The highest BCUT2D eigenvalue weighted by Crippen LogP contribution is 2.23. The van der Waals surface area contributed by atoms with Gasteiger partial charge in [0.2, 0.25) is 5.91 Å². The highest BCUT2D eigenvalue weighted by atomic mass is 32.2. The Morgan fingerprint density at radius 2 is 1.93 bits per heavy atom. The van der Waals surface area contributed by atoms with Crippen LogP contribution in [0, 0.1) is 5.41 Å². The topological polar surface area (TPSA) is 99.7 Å². The molecule has 1 atom stereocenters. The number of nitrogens with one attached hydrogen (secondary N) is 3. The number of amides is 1. The van der Waals surface area contributed by atoms with Crippen molar-refractivity contribution in [2.45, 2.75) is 72.3 Å². The smallest absolute Gasteiger partial charge is 0.222 e. The Bertz CT molecular complexity index is 588. The predicted molar refractivity (Wildman–Crippen MR) is 112 cm³/mol. The number of sulfone groups is 1. The minimum atomic E-state index is -2.97. The summed E-state index contributed by atoms with van der Waals surface area (Å²) in [5, 5.41) is 9.21. The lowest BCUT2D eigenvalue weighted by atomic mass is 9.87. The number of guanidine groups is 1. The second kappa shape index (κ2) is 11.5. The van der Waals surface area contributed by atoms with Crippen LogP contribution in [0.4, 0.5) is 0 Å². The van der Waals surface area contributed by atoms with Gasteiger partial charge in [-0.3, -0.25) is 9.79 Å². The third-order valence-electron chi connectivity index (χ3n) is 4.71. The molecule has 27 heavy (non-hydrogen) atoms. The van der Waals surface area contributed by atoms with Crippen molar-refractivity contribution in [2.75, 3.05) is 31.1 Å². The molecule has 8 heteroatoms. The molecule has 0 saturated carbocycles. The van der Waals surface area contributed by atoms with E-state index in [-0.39, 0.29) is 28.9 Å². The zero-order chi connectivity index (χ0) is 20.3. The molecule has 1 aliphatic heterocycles. The molecule has 7 nitrogen and oxygen atoms in total. The summed E-state index contributed by atoms with van der Waals surface area (Å²) in [6.45, 7) is 10.6. The summed E-state index contributed by atoms with van der Waals surface area (Å²) in [5.41, 5.74) is 0.156. The molecule has 0 radical (unpaired) electrons. The van der Waals surface area contributed by atoms with E-state index in [4.69, 9.17) is 0 Å². The van der Waals surface area contributed by atoms with Crippen molar-refractivity contribution in [1.29, 1.82) is 0 Å². The third-order valence-corrected chi connectivity index (χ3v) is 6.48. The van der Waals surface area contributed by atoms with Crippen LogP contribution in [-0.2, 0) is 14.6 Å². The zero-order valence-corrected chi connectivity index (χ0v) is 18.3. The first-order valence-corrected chi connectivity index (χ1v) is 12.0. The van der Waals surface area contributed by atoms with Crippen LogP contribution in [-0.4, -0.2) is 57.5 Å². The van der Waals surface area contributed by atoms with Crippen molar-refractivity contribution in [3.63, 3.8) is 0 Å². The van der Waals surface area contributed by atoms with Crippen molar-refractivity contribution in [1.82, 2.24) is 16.0 Å². The fourth-order valence-electron chi connectivity index (χ4n) is 3.07. The molecule has 1 fully saturated rings. The van der Waals surface area contributed by atoms with Crippen LogP contribution in [0.5, 0.6) is 0 Å². The molecule has 0 spiro atoms. The number of rotatable bonds is 11. The van der Waals surface area contributed by atoms with Gasteiger partial charge in [-0.2, -0.15) is 0 Å². The number of carbonyl (C=O) groups is 1. The first kappa shape index (κ1) is 23.7. The normalized spacial score (nSPS) is 19.7. The second-order valence-electron chi connectivity index (χ2n) is 8.16. The summed E-state index contributed by atoms with van der Waals surface area (Å²) in [7, 11) is -2.97. The van der Waals surface area contributed by atoms with Crippen LogP contribution in [0.15, 0.2) is 4.99 Å². The lowest BCUT2D eigenvalue weighted by Gasteiger charge is -2.23. The van der Waals surface area contributed by atoms with Gasteiger partial charge in [0, 0.05) is 32.1 Å². The molecule has 0 aromatic heterocycles. The fourth-order valence-corrected chi connectivity index (χ4v) is 4.74. The van der Waals surface area contributed by atoms with Crippen molar-refractivity contribution in [3.05, 3.63) is 0 Å². The van der Waals surface area contributed by atoms with Crippen LogP contribution in [0.25, 0.3) is 0 Å². The maximum Gasteiger partial charge on any atom is 0.222 e. The quantitative estimate of drug-likeness (QED) is 0.278. The Hall–Kier alpha value is -1.31. The largest absolute Gasteiger partial charge is 0.357 e. The van der Waals surface area contributed by atoms with E-state index >= 15 is 0 Å². The van der Waals surface area contributed by atoms with Crippen LogP contribution in [0.3, 0.4) is 0 Å². The van der Waals surface area contributed by atoms with E-state index in [1.807, 2.05) is 6.92 Å². The van der Waals surface area contributed by atoms with E-state index < -0.39 is 9.84 Å². The Kier molecular flexibility index (Phi) is 10.1. The molecule has 1 rings (SSSR count). The van der Waals surface area contributed by atoms with Gasteiger partial charge < -0.3 is 16.0 Å². The molecular formula is C19H38N4O3S. The van der Waals surface area contributed by atoms with Crippen molar-refractivity contribution >= 4 is 21.7 Å². The SMILES string of the molecule is CCCCCC(C)(C)CN=C(NCC)NCCC(=O)NC1CCS(=O)(=O)C1. The predicted octanol–water partition coefficient (Wildman–Crippen LogP) is 1.84. The molecular weight excluding hydrogens is 364 g/mol. The molecule has 0 aromatic rings. The average molecular weight is 403 g/mol. The lowest BCUT2D eigenvalue weighted by molar-refractivity contribution is -0.121. The van der Waals surface area contributed by atoms with E-state index in [0.29, 0.717) is 19.4 Å². The van der Waals surface area contributed by atoms with Crippen molar-refractivity contribution < 1.29 is 13.2 Å². The van der Waals surface area contributed by atoms with Gasteiger partial charge in [0.1, 0.15) is 0 Å². The van der Waals surface area contributed by atoms with E-state index in [0.717, 1.165) is 25.5 Å². The molecule has 158 valence electrons. The molecule has 1 unspecified atom stereocenters.